The molecule has 0 bridgehead atoms. The first-order valence-electron chi connectivity index (χ1n) is 7.28. The highest BCUT2D eigenvalue weighted by molar-refractivity contribution is 7.86. The van der Waals surface area contributed by atoms with E-state index in [1.54, 1.807) is 7.11 Å². The van der Waals surface area contributed by atoms with Crippen molar-refractivity contribution in [1.29, 1.82) is 0 Å². The second-order valence-electron chi connectivity index (χ2n) is 5.29. The van der Waals surface area contributed by atoms with E-state index in [9.17, 15) is 4.21 Å². The number of methoxy groups -OCH3 is 1. The van der Waals surface area contributed by atoms with Crippen LogP contribution in [0.1, 0.15) is 45.7 Å². The van der Waals surface area contributed by atoms with Crippen LogP contribution in [0, 0.1) is 0 Å². The summed E-state index contributed by atoms with van der Waals surface area (Å²) in [7, 11) is 0.814. The third-order valence-corrected chi connectivity index (χ3v) is 5.32. The zero-order valence-electron chi connectivity index (χ0n) is 13.2. The van der Waals surface area contributed by atoms with Crippen molar-refractivity contribution in [2.45, 2.75) is 50.7 Å². The Bertz CT molecular complexity index is 417. The number of rotatable bonds is 8. The van der Waals surface area contributed by atoms with Gasteiger partial charge in [-0.25, -0.2) is 0 Å². The summed E-state index contributed by atoms with van der Waals surface area (Å²) in [6.07, 6.45) is 1.06. The van der Waals surface area contributed by atoms with Crippen LogP contribution in [0.15, 0.2) is 24.3 Å². The SMILES string of the molecule is CCCNC(c1ccc(OC)cc1)C(C)S(=O)C(C)C. The molecule has 0 radical (unpaired) electrons. The van der Waals surface area contributed by atoms with Gasteiger partial charge in [-0.05, 0) is 37.6 Å². The molecule has 4 heteroatoms. The van der Waals surface area contributed by atoms with Crippen LogP contribution in [-0.2, 0) is 10.8 Å². The molecule has 0 saturated carbocycles. The van der Waals surface area contributed by atoms with Gasteiger partial charge >= 0.3 is 0 Å². The first-order chi connectivity index (χ1) is 9.51. The molecule has 0 aliphatic carbocycles. The van der Waals surface area contributed by atoms with Gasteiger partial charge in [0.05, 0.1) is 12.4 Å². The first kappa shape index (κ1) is 17.2. The summed E-state index contributed by atoms with van der Waals surface area (Å²) >= 11 is 0. The molecule has 0 aliphatic rings. The van der Waals surface area contributed by atoms with Crippen LogP contribution in [-0.4, -0.2) is 28.4 Å². The number of hydrogen-bond acceptors (Lipinski definition) is 3. The van der Waals surface area contributed by atoms with Crippen LogP contribution in [0.2, 0.25) is 0 Å². The number of ether oxygens (including phenoxy) is 1. The molecule has 3 atom stereocenters. The fraction of sp³-hybridized carbons (Fsp3) is 0.625. The van der Waals surface area contributed by atoms with E-state index < -0.39 is 10.8 Å². The van der Waals surface area contributed by atoms with Crippen molar-refractivity contribution in [3.63, 3.8) is 0 Å². The molecule has 1 rings (SSSR count). The Morgan fingerprint density at radius 2 is 1.80 bits per heavy atom. The predicted molar refractivity (Wildman–Crippen MR) is 86.8 cm³/mol. The van der Waals surface area contributed by atoms with Crippen molar-refractivity contribution in [2.24, 2.45) is 0 Å². The van der Waals surface area contributed by atoms with Gasteiger partial charge in [0, 0.05) is 22.1 Å². The molecular weight excluding hydrogens is 270 g/mol. The summed E-state index contributed by atoms with van der Waals surface area (Å²) in [6, 6.07) is 8.14. The van der Waals surface area contributed by atoms with E-state index in [0.717, 1.165) is 18.7 Å². The average molecular weight is 297 g/mol. The fourth-order valence-electron chi connectivity index (χ4n) is 2.23. The van der Waals surface area contributed by atoms with E-state index in [-0.39, 0.29) is 16.5 Å². The standard InChI is InChI=1S/C16H27NO2S/c1-6-11-17-16(13(4)20(18)12(2)3)14-7-9-15(19-5)10-8-14/h7-10,12-13,16-17H,6,11H2,1-5H3. The minimum absolute atomic E-state index is 0.0787. The Hall–Kier alpha value is -0.870. The summed E-state index contributed by atoms with van der Waals surface area (Å²) in [5, 5.41) is 3.78. The van der Waals surface area contributed by atoms with E-state index >= 15 is 0 Å². The molecular formula is C16H27NO2S. The van der Waals surface area contributed by atoms with Crippen LogP contribution >= 0.6 is 0 Å². The highest BCUT2D eigenvalue weighted by Crippen LogP contribution is 2.24. The second kappa shape index (κ2) is 8.42. The average Bonchev–Trinajstić information content (AvgIpc) is 2.47. The van der Waals surface area contributed by atoms with Crippen LogP contribution in [0.3, 0.4) is 0 Å². The molecule has 0 aliphatic heterocycles. The lowest BCUT2D eigenvalue weighted by atomic mass is 10.0. The smallest absolute Gasteiger partial charge is 0.118 e. The topological polar surface area (TPSA) is 38.3 Å². The van der Waals surface area contributed by atoms with Crippen LogP contribution in [0.25, 0.3) is 0 Å². The third kappa shape index (κ3) is 4.60. The zero-order valence-corrected chi connectivity index (χ0v) is 14.0. The van der Waals surface area contributed by atoms with Crippen molar-refractivity contribution in [2.75, 3.05) is 13.7 Å². The van der Waals surface area contributed by atoms with Gasteiger partial charge in [-0.1, -0.05) is 32.9 Å². The van der Waals surface area contributed by atoms with Crippen molar-refractivity contribution >= 4 is 10.8 Å². The molecule has 1 N–H and O–H groups in total. The molecule has 0 saturated heterocycles. The molecule has 1 aromatic carbocycles. The van der Waals surface area contributed by atoms with Gasteiger partial charge < -0.3 is 10.1 Å². The van der Waals surface area contributed by atoms with E-state index in [0.29, 0.717) is 0 Å². The van der Waals surface area contributed by atoms with Crippen LogP contribution in [0.4, 0.5) is 0 Å². The normalized spacial score (nSPS) is 15.9. The van der Waals surface area contributed by atoms with Crippen molar-refractivity contribution in [1.82, 2.24) is 5.32 Å². The van der Waals surface area contributed by atoms with E-state index in [1.807, 2.05) is 26.0 Å². The maximum Gasteiger partial charge on any atom is 0.118 e. The Morgan fingerprint density at radius 3 is 2.25 bits per heavy atom. The van der Waals surface area contributed by atoms with E-state index in [2.05, 4.69) is 31.3 Å². The maximum atomic E-state index is 12.4. The molecule has 0 aromatic heterocycles. The minimum atomic E-state index is -0.851. The summed E-state index contributed by atoms with van der Waals surface area (Å²) in [5.74, 6) is 0.848. The molecule has 3 nitrogen and oxygen atoms in total. The minimum Gasteiger partial charge on any atom is -0.497 e. The van der Waals surface area contributed by atoms with Crippen LogP contribution < -0.4 is 10.1 Å². The summed E-state index contributed by atoms with van der Waals surface area (Å²) in [6.45, 7) is 9.15. The lowest BCUT2D eigenvalue weighted by Gasteiger charge is -2.26. The van der Waals surface area contributed by atoms with Gasteiger partial charge in [-0.2, -0.15) is 0 Å². The van der Waals surface area contributed by atoms with Crippen molar-refractivity contribution < 1.29 is 8.95 Å². The van der Waals surface area contributed by atoms with Crippen molar-refractivity contribution in [3.8, 4) is 5.75 Å². The molecule has 20 heavy (non-hydrogen) atoms. The highest BCUT2D eigenvalue weighted by Gasteiger charge is 2.25. The largest absolute Gasteiger partial charge is 0.497 e. The van der Waals surface area contributed by atoms with Crippen molar-refractivity contribution in [3.05, 3.63) is 29.8 Å². The summed E-state index contributed by atoms with van der Waals surface area (Å²) in [4.78, 5) is 0. The molecule has 0 heterocycles. The fourth-order valence-corrected chi connectivity index (χ4v) is 3.61. The Kier molecular flexibility index (Phi) is 7.24. The Morgan fingerprint density at radius 1 is 1.20 bits per heavy atom. The number of benzene rings is 1. The lowest BCUT2D eigenvalue weighted by molar-refractivity contribution is 0.414. The summed E-state index contributed by atoms with van der Waals surface area (Å²) in [5.41, 5.74) is 1.17. The number of hydrogen-bond donors (Lipinski definition) is 1. The third-order valence-electron chi connectivity index (χ3n) is 3.39. The Labute approximate surface area is 125 Å². The highest BCUT2D eigenvalue weighted by atomic mass is 32.2. The Balaban J connectivity index is 2.94. The zero-order chi connectivity index (χ0) is 15.1. The molecule has 0 amide bonds. The lowest BCUT2D eigenvalue weighted by Crippen LogP contribution is -2.35. The van der Waals surface area contributed by atoms with Gasteiger partial charge in [0.1, 0.15) is 5.75 Å². The molecule has 3 unspecified atom stereocenters. The van der Waals surface area contributed by atoms with Crippen LogP contribution in [0.5, 0.6) is 5.75 Å². The molecule has 114 valence electrons. The van der Waals surface area contributed by atoms with Gasteiger partial charge in [0.2, 0.25) is 0 Å². The van der Waals surface area contributed by atoms with Gasteiger partial charge in [0.25, 0.3) is 0 Å². The molecule has 0 fully saturated rings. The van der Waals surface area contributed by atoms with Gasteiger partial charge in [-0.15, -0.1) is 0 Å². The quantitative estimate of drug-likeness (QED) is 0.800. The first-order valence-corrected chi connectivity index (χ1v) is 8.55. The maximum absolute atomic E-state index is 12.4. The second-order valence-corrected chi connectivity index (χ2v) is 7.63. The predicted octanol–water partition coefficient (Wildman–Crippen LogP) is 3.28. The van der Waals surface area contributed by atoms with Gasteiger partial charge in [-0.3, -0.25) is 4.21 Å². The summed E-state index contributed by atoms with van der Waals surface area (Å²) < 4.78 is 17.6. The van der Waals surface area contributed by atoms with Gasteiger partial charge in [0.15, 0.2) is 0 Å². The molecule has 1 aromatic rings. The monoisotopic (exact) mass is 297 g/mol. The molecule has 0 spiro atoms. The van der Waals surface area contributed by atoms with E-state index in [4.69, 9.17) is 4.74 Å². The number of nitrogens with one attached hydrogen (secondary N) is 1. The van der Waals surface area contributed by atoms with E-state index in [1.165, 1.54) is 5.56 Å².